The molecule has 0 fully saturated rings. The molecule has 1 aromatic rings. The van der Waals surface area contributed by atoms with Gasteiger partial charge in [-0.15, -0.1) is 17.9 Å². The first kappa shape index (κ1) is 13.0. The van der Waals surface area contributed by atoms with Crippen molar-refractivity contribution in [2.24, 2.45) is 5.92 Å². The molecule has 0 spiro atoms. The van der Waals surface area contributed by atoms with Crippen molar-refractivity contribution >= 4 is 17.3 Å². The molecule has 0 aliphatic rings. The summed E-state index contributed by atoms with van der Waals surface area (Å²) in [5.41, 5.74) is 1.35. The molecule has 88 valence electrons. The summed E-state index contributed by atoms with van der Waals surface area (Å²) < 4.78 is 4.75. The lowest BCUT2D eigenvalue weighted by atomic mass is 10.0. The maximum atomic E-state index is 11.4. The molecular weight excluding hydrogens is 220 g/mol. The Labute approximate surface area is 101 Å². The third-order valence-corrected chi connectivity index (χ3v) is 3.54. The van der Waals surface area contributed by atoms with E-state index in [-0.39, 0.29) is 11.9 Å². The average molecular weight is 238 g/mol. The molecule has 0 N–H and O–H groups in total. The maximum Gasteiger partial charge on any atom is 0.312 e. The number of methoxy groups -OCH3 is 1. The van der Waals surface area contributed by atoms with Gasteiger partial charge in [-0.1, -0.05) is 19.4 Å². The van der Waals surface area contributed by atoms with Crippen LogP contribution in [0, 0.1) is 5.92 Å². The van der Waals surface area contributed by atoms with E-state index in [4.69, 9.17) is 4.74 Å². The Kier molecular flexibility index (Phi) is 5.26. The zero-order valence-electron chi connectivity index (χ0n) is 9.86. The van der Waals surface area contributed by atoms with E-state index in [0.717, 1.165) is 12.8 Å². The van der Waals surface area contributed by atoms with Crippen molar-refractivity contribution in [1.29, 1.82) is 0 Å². The fourth-order valence-electron chi connectivity index (χ4n) is 1.65. The van der Waals surface area contributed by atoms with E-state index in [9.17, 15) is 4.79 Å². The minimum atomic E-state index is -0.223. The Morgan fingerprint density at radius 1 is 1.69 bits per heavy atom. The third-order valence-electron chi connectivity index (χ3n) is 2.55. The molecule has 2 nitrogen and oxygen atoms in total. The van der Waals surface area contributed by atoms with Crippen LogP contribution in [-0.2, 0) is 22.4 Å². The van der Waals surface area contributed by atoms with Gasteiger partial charge in [-0.05, 0) is 29.9 Å². The van der Waals surface area contributed by atoms with Crippen molar-refractivity contribution in [3.63, 3.8) is 0 Å². The highest BCUT2D eigenvalue weighted by Gasteiger charge is 2.17. The topological polar surface area (TPSA) is 26.3 Å². The molecule has 1 atom stereocenters. The van der Waals surface area contributed by atoms with Crippen LogP contribution in [0.4, 0.5) is 0 Å². The number of carbonyl (C=O) groups is 1. The van der Waals surface area contributed by atoms with Gasteiger partial charge in [0.2, 0.25) is 0 Å². The molecule has 0 saturated carbocycles. The van der Waals surface area contributed by atoms with Gasteiger partial charge in [0, 0.05) is 4.88 Å². The van der Waals surface area contributed by atoms with E-state index >= 15 is 0 Å². The number of ether oxygens (including phenoxy) is 1. The summed E-state index contributed by atoms with van der Waals surface area (Å²) in [7, 11) is 1.42. The zero-order valence-corrected chi connectivity index (χ0v) is 10.7. The third kappa shape index (κ3) is 3.20. The van der Waals surface area contributed by atoms with Gasteiger partial charge in [0.1, 0.15) is 0 Å². The fourth-order valence-corrected chi connectivity index (χ4v) is 2.65. The lowest BCUT2D eigenvalue weighted by Crippen LogP contribution is -2.16. The Balaban J connectivity index is 2.73. The largest absolute Gasteiger partial charge is 0.469 e. The van der Waals surface area contributed by atoms with Gasteiger partial charge in [-0.3, -0.25) is 4.79 Å². The van der Waals surface area contributed by atoms with Gasteiger partial charge in [-0.2, -0.15) is 0 Å². The van der Waals surface area contributed by atoms with E-state index in [1.165, 1.54) is 17.6 Å². The van der Waals surface area contributed by atoms with Crippen LogP contribution >= 0.6 is 11.3 Å². The quantitative estimate of drug-likeness (QED) is 0.562. The number of esters is 1. The summed E-state index contributed by atoms with van der Waals surface area (Å²) in [6.07, 6.45) is 4.58. The smallest absolute Gasteiger partial charge is 0.312 e. The first-order chi connectivity index (χ1) is 7.72. The van der Waals surface area contributed by atoms with Gasteiger partial charge < -0.3 is 4.74 Å². The molecule has 0 aliphatic carbocycles. The van der Waals surface area contributed by atoms with E-state index in [1.807, 2.05) is 0 Å². The number of carbonyl (C=O) groups excluding carboxylic acids is 1. The van der Waals surface area contributed by atoms with Crippen molar-refractivity contribution in [2.45, 2.75) is 26.2 Å². The Morgan fingerprint density at radius 3 is 3.00 bits per heavy atom. The molecule has 16 heavy (non-hydrogen) atoms. The summed E-state index contributed by atoms with van der Waals surface area (Å²) in [6, 6.07) is 2.14. The van der Waals surface area contributed by atoms with Crippen molar-refractivity contribution in [3.05, 3.63) is 34.5 Å². The Hall–Kier alpha value is -1.09. The van der Waals surface area contributed by atoms with Gasteiger partial charge in [0.15, 0.2) is 0 Å². The highest BCUT2D eigenvalue weighted by atomic mass is 32.1. The highest BCUT2D eigenvalue weighted by Crippen LogP contribution is 2.23. The fraction of sp³-hybridized carbons (Fsp3) is 0.462. The number of thiophene rings is 1. The van der Waals surface area contributed by atoms with Crippen molar-refractivity contribution in [3.8, 4) is 0 Å². The monoisotopic (exact) mass is 238 g/mol. The van der Waals surface area contributed by atoms with Crippen molar-refractivity contribution in [1.82, 2.24) is 0 Å². The van der Waals surface area contributed by atoms with Crippen LogP contribution in [0.25, 0.3) is 0 Å². The molecule has 0 aliphatic heterocycles. The summed E-state index contributed by atoms with van der Waals surface area (Å²) in [5.74, 6) is -0.426. The van der Waals surface area contributed by atoms with Crippen LogP contribution in [0.3, 0.4) is 0 Å². The molecular formula is C13H18O2S. The van der Waals surface area contributed by atoms with Crippen molar-refractivity contribution in [2.75, 3.05) is 7.11 Å². The number of aryl methyl sites for hydroxylation is 1. The minimum absolute atomic E-state index is 0.203. The lowest BCUT2D eigenvalue weighted by molar-refractivity contribution is -0.143. The van der Waals surface area contributed by atoms with Crippen LogP contribution in [0.1, 0.15) is 23.8 Å². The van der Waals surface area contributed by atoms with Gasteiger partial charge >= 0.3 is 5.97 Å². The molecule has 1 aromatic heterocycles. The van der Waals surface area contributed by atoms with Gasteiger partial charge in [0.25, 0.3) is 0 Å². The molecule has 0 radical (unpaired) electrons. The molecule has 0 bridgehead atoms. The van der Waals surface area contributed by atoms with Gasteiger partial charge in [-0.25, -0.2) is 0 Å². The lowest BCUT2D eigenvalue weighted by Gasteiger charge is -2.10. The number of hydrogen-bond donors (Lipinski definition) is 0. The molecule has 1 heterocycles. The summed E-state index contributed by atoms with van der Waals surface area (Å²) in [4.78, 5) is 12.7. The molecule has 0 aromatic carbocycles. The standard InChI is InChI=1S/C13H18O2S/c1-4-6-11-7-8-16-12(11)9-10(5-2)13(14)15-3/h5,7-8,10H,2,4,6,9H2,1,3H3/t10-/m1/s1. The van der Waals surface area contributed by atoms with Crippen LogP contribution < -0.4 is 0 Å². The molecule has 0 amide bonds. The van der Waals surface area contributed by atoms with E-state index in [1.54, 1.807) is 17.4 Å². The van der Waals surface area contributed by atoms with Crippen LogP contribution in [0.2, 0.25) is 0 Å². The van der Waals surface area contributed by atoms with Crippen LogP contribution in [-0.4, -0.2) is 13.1 Å². The molecule has 1 rings (SSSR count). The SMILES string of the molecule is C=C[C@H](Cc1sccc1CCC)C(=O)OC. The molecule has 0 unspecified atom stereocenters. The first-order valence-corrected chi connectivity index (χ1v) is 6.36. The normalized spacial score (nSPS) is 12.1. The Bertz CT molecular complexity index is 355. The van der Waals surface area contributed by atoms with Crippen molar-refractivity contribution < 1.29 is 9.53 Å². The minimum Gasteiger partial charge on any atom is -0.469 e. The maximum absolute atomic E-state index is 11.4. The molecule has 0 saturated heterocycles. The average Bonchev–Trinajstić information content (AvgIpc) is 2.73. The van der Waals surface area contributed by atoms with E-state index in [0.29, 0.717) is 6.42 Å². The second-order valence-corrected chi connectivity index (χ2v) is 4.69. The van der Waals surface area contributed by atoms with Gasteiger partial charge in [0.05, 0.1) is 13.0 Å². The summed E-state index contributed by atoms with van der Waals surface area (Å²) >= 11 is 1.71. The predicted molar refractivity (Wildman–Crippen MR) is 67.7 cm³/mol. The number of rotatable bonds is 6. The van der Waals surface area contributed by atoms with E-state index < -0.39 is 0 Å². The zero-order chi connectivity index (χ0) is 12.0. The Morgan fingerprint density at radius 2 is 2.44 bits per heavy atom. The van der Waals surface area contributed by atoms with E-state index in [2.05, 4.69) is 24.9 Å². The molecule has 3 heteroatoms. The predicted octanol–water partition coefficient (Wildman–Crippen LogP) is 3.22. The van der Waals surface area contributed by atoms with Crippen LogP contribution in [0.5, 0.6) is 0 Å². The number of hydrogen-bond acceptors (Lipinski definition) is 3. The summed E-state index contributed by atoms with van der Waals surface area (Å²) in [6.45, 7) is 5.85. The highest BCUT2D eigenvalue weighted by molar-refractivity contribution is 7.10. The summed E-state index contributed by atoms with van der Waals surface area (Å²) in [5, 5.41) is 2.08. The second kappa shape index (κ2) is 6.48. The first-order valence-electron chi connectivity index (χ1n) is 5.48. The second-order valence-electron chi connectivity index (χ2n) is 3.69. The van der Waals surface area contributed by atoms with Crippen LogP contribution in [0.15, 0.2) is 24.1 Å².